The lowest BCUT2D eigenvalue weighted by Crippen LogP contribution is -2.07. The van der Waals surface area contributed by atoms with Crippen molar-refractivity contribution in [2.24, 2.45) is 0 Å². The summed E-state index contributed by atoms with van der Waals surface area (Å²) in [5.41, 5.74) is 1.08. The Morgan fingerprint density at radius 3 is 2.53 bits per heavy atom. The van der Waals surface area contributed by atoms with Crippen molar-refractivity contribution in [3.05, 3.63) is 34.9 Å². The Bertz CT molecular complexity index is 459. The molecule has 1 aromatic carbocycles. The van der Waals surface area contributed by atoms with Crippen LogP contribution in [0.2, 0.25) is 5.02 Å². The minimum Gasteiger partial charge on any atom is -0.229 e. The maximum absolute atomic E-state index is 11.1. The van der Waals surface area contributed by atoms with Crippen molar-refractivity contribution in [2.75, 3.05) is 17.3 Å². The molecule has 0 fully saturated rings. The Balaban J connectivity index is 2.64. The average molecular weight is 340 g/mol. The fraction of sp³-hybridized carbons (Fsp3) is 0.500. The van der Waals surface area contributed by atoms with Crippen LogP contribution < -0.4 is 0 Å². The largest absolute Gasteiger partial charge is 0.229 e. The molecule has 96 valence electrons. The third kappa shape index (κ3) is 5.40. The molecule has 0 spiro atoms. The molecular formula is C12H16BrClO2S. The van der Waals surface area contributed by atoms with E-state index in [1.165, 1.54) is 6.26 Å². The van der Waals surface area contributed by atoms with Gasteiger partial charge in [0.2, 0.25) is 0 Å². The van der Waals surface area contributed by atoms with E-state index >= 15 is 0 Å². The van der Waals surface area contributed by atoms with Crippen LogP contribution in [0.15, 0.2) is 24.3 Å². The fourth-order valence-corrected chi connectivity index (χ4v) is 3.37. The molecule has 5 heteroatoms. The molecule has 0 radical (unpaired) electrons. The standard InChI is InChI=1S/C12H16BrClO2S/c1-17(15,16)8-4-5-10(9-13)11-6-2-3-7-12(11)14/h2-3,6-7,10H,4-5,8-9H2,1H3. The monoisotopic (exact) mass is 338 g/mol. The summed E-state index contributed by atoms with van der Waals surface area (Å²) in [6, 6.07) is 7.71. The Hall–Kier alpha value is -0.0600. The SMILES string of the molecule is CS(=O)(=O)CCCC(CBr)c1ccccc1Cl. The van der Waals surface area contributed by atoms with Gasteiger partial charge in [0.1, 0.15) is 9.84 Å². The number of hydrogen-bond donors (Lipinski definition) is 0. The molecule has 0 bridgehead atoms. The van der Waals surface area contributed by atoms with E-state index in [0.29, 0.717) is 6.42 Å². The number of benzene rings is 1. The van der Waals surface area contributed by atoms with Crippen LogP contribution in [0.3, 0.4) is 0 Å². The van der Waals surface area contributed by atoms with Gasteiger partial charge in [-0.2, -0.15) is 0 Å². The number of sulfone groups is 1. The third-order valence-electron chi connectivity index (χ3n) is 2.60. The summed E-state index contributed by atoms with van der Waals surface area (Å²) in [5, 5.41) is 1.54. The Morgan fingerprint density at radius 1 is 1.35 bits per heavy atom. The van der Waals surface area contributed by atoms with E-state index in [1.807, 2.05) is 24.3 Å². The summed E-state index contributed by atoms with van der Waals surface area (Å²) in [4.78, 5) is 0. The minimum atomic E-state index is -2.87. The van der Waals surface area contributed by atoms with Crippen molar-refractivity contribution in [3.63, 3.8) is 0 Å². The van der Waals surface area contributed by atoms with E-state index < -0.39 is 9.84 Å². The van der Waals surface area contributed by atoms with Gasteiger partial charge in [0.15, 0.2) is 0 Å². The molecule has 2 nitrogen and oxygen atoms in total. The first-order valence-corrected chi connectivity index (χ1v) is 8.98. The average Bonchev–Trinajstić information content (AvgIpc) is 2.24. The summed E-state index contributed by atoms with van der Waals surface area (Å²) in [6.07, 6.45) is 2.76. The van der Waals surface area contributed by atoms with E-state index in [-0.39, 0.29) is 11.7 Å². The molecule has 0 aliphatic carbocycles. The maximum Gasteiger partial charge on any atom is 0.147 e. The number of halogens is 2. The summed E-state index contributed by atoms with van der Waals surface area (Å²) < 4.78 is 22.1. The molecule has 0 saturated heterocycles. The van der Waals surface area contributed by atoms with Gasteiger partial charge >= 0.3 is 0 Å². The van der Waals surface area contributed by atoms with Crippen LogP contribution in [-0.4, -0.2) is 25.8 Å². The van der Waals surface area contributed by atoms with Crippen molar-refractivity contribution >= 4 is 37.4 Å². The van der Waals surface area contributed by atoms with Gasteiger partial charge in [-0.15, -0.1) is 0 Å². The predicted molar refractivity (Wildman–Crippen MR) is 76.9 cm³/mol. The van der Waals surface area contributed by atoms with Crippen LogP contribution in [0.25, 0.3) is 0 Å². The molecule has 0 heterocycles. The molecule has 1 rings (SSSR count). The Morgan fingerprint density at radius 2 is 2.00 bits per heavy atom. The number of alkyl halides is 1. The zero-order valence-corrected chi connectivity index (χ0v) is 12.9. The van der Waals surface area contributed by atoms with Crippen LogP contribution in [0.5, 0.6) is 0 Å². The molecule has 17 heavy (non-hydrogen) atoms. The van der Waals surface area contributed by atoms with Crippen molar-refractivity contribution in [2.45, 2.75) is 18.8 Å². The van der Waals surface area contributed by atoms with E-state index in [1.54, 1.807) is 0 Å². The lowest BCUT2D eigenvalue weighted by molar-refractivity contribution is 0.592. The van der Waals surface area contributed by atoms with Gasteiger partial charge in [-0.25, -0.2) is 8.42 Å². The fourth-order valence-electron chi connectivity index (χ4n) is 1.71. The highest BCUT2D eigenvalue weighted by molar-refractivity contribution is 9.09. The van der Waals surface area contributed by atoms with Crippen LogP contribution in [0.1, 0.15) is 24.3 Å². The topological polar surface area (TPSA) is 34.1 Å². The highest BCUT2D eigenvalue weighted by atomic mass is 79.9. The van der Waals surface area contributed by atoms with Gasteiger partial charge in [-0.1, -0.05) is 45.7 Å². The summed E-state index contributed by atoms with van der Waals surface area (Å²) >= 11 is 9.59. The van der Waals surface area contributed by atoms with E-state index in [4.69, 9.17) is 11.6 Å². The van der Waals surface area contributed by atoms with Crippen LogP contribution in [-0.2, 0) is 9.84 Å². The number of hydrogen-bond acceptors (Lipinski definition) is 2. The molecule has 0 amide bonds. The summed E-state index contributed by atoms with van der Waals surface area (Å²) in [5.74, 6) is 0.506. The van der Waals surface area contributed by atoms with Gasteiger partial charge in [0.05, 0.1) is 0 Å². The molecule has 1 atom stereocenters. The van der Waals surface area contributed by atoms with Gasteiger partial charge in [-0.3, -0.25) is 0 Å². The van der Waals surface area contributed by atoms with Gasteiger partial charge in [-0.05, 0) is 30.4 Å². The van der Waals surface area contributed by atoms with Crippen molar-refractivity contribution in [1.29, 1.82) is 0 Å². The molecule has 1 aromatic rings. The molecule has 0 saturated carbocycles. The maximum atomic E-state index is 11.1. The Labute approximate surface area is 116 Å². The van der Waals surface area contributed by atoms with Crippen LogP contribution >= 0.6 is 27.5 Å². The smallest absolute Gasteiger partial charge is 0.147 e. The van der Waals surface area contributed by atoms with Crippen molar-refractivity contribution < 1.29 is 8.42 Å². The molecule has 0 aliphatic rings. The molecule has 0 aromatic heterocycles. The normalized spacial score (nSPS) is 13.6. The first-order valence-electron chi connectivity index (χ1n) is 5.42. The number of rotatable bonds is 6. The van der Waals surface area contributed by atoms with Gasteiger partial charge < -0.3 is 0 Å². The van der Waals surface area contributed by atoms with Crippen molar-refractivity contribution in [3.8, 4) is 0 Å². The van der Waals surface area contributed by atoms with Gasteiger partial charge in [0.25, 0.3) is 0 Å². The third-order valence-corrected chi connectivity index (χ3v) is 4.76. The molecule has 1 unspecified atom stereocenters. The molecular weight excluding hydrogens is 324 g/mol. The second kappa shape index (κ2) is 6.76. The zero-order chi connectivity index (χ0) is 12.9. The first kappa shape index (κ1) is 15.0. The highest BCUT2D eigenvalue weighted by Crippen LogP contribution is 2.29. The second-order valence-corrected chi connectivity index (χ2v) is 7.46. The highest BCUT2D eigenvalue weighted by Gasteiger charge is 2.14. The van der Waals surface area contributed by atoms with E-state index in [9.17, 15) is 8.42 Å². The lowest BCUT2D eigenvalue weighted by Gasteiger charge is -2.15. The van der Waals surface area contributed by atoms with Crippen molar-refractivity contribution in [1.82, 2.24) is 0 Å². The van der Waals surface area contributed by atoms with E-state index in [2.05, 4.69) is 15.9 Å². The quantitative estimate of drug-likeness (QED) is 0.741. The molecule has 0 aliphatic heterocycles. The second-order valence-electron chi connectivity index (χ2n) is 4.14. The van der Waals surface area contributed by atoms with Crippen LogP contribution in [0.4, 0.5) is 0 Å². The Kier molecular flexibility index (Phi) is 5.97. The minimum absolute atomic E-state index is 0.237. The molecule has 0 N–H and O–H groups in total. The summed E-state index contributed by atoms with van der Waals surface area (Å²) in [6.45, 7) is 0. The zero-order valence-electron chi connectivity index (χ0n) is 9.70. The van der Waals surface area contributed by atoms with Gasteiger partial charge in [0, 0.05) is 22.4 Å². The summed E-state index contributed by atoms with van der Waals surface area (Å²) in [7, 11) is -2.87. The lowest BCUT2D eigenvalue weighted by atomic mass is 9.96. The van der Waals surface area contributed by atoms with Crippen LogP contribution in [0, 0.1) is 0 Å². The first-order chi connectivity index (χ1) is 7.94. The predicted octanol–water partition coefficient (Wildman–Crippen LogP) is 3.64. The van der Waals surface area contributed by atoms with E-state index in [0.717, 1.165) is 22.3 Å².